The first-order valence-corrected chi connectivity index (χ1v) is 12.2. The highest BCUT2D eigenvalue weighted by atomic mass is 35.5. The number of likely N-dealkylation sites (N-methyl/N-ethyl adjacent to an activating group) is 1. The van der Waals surface area contributed by atoms with Gasteiger partial charge in [-0.1, -0.05) is 66.2 Å². The summed E-state index contributed by atoms with van der Waals surface area (Å²) in [7, 11) is 1.70. The number of benzene rings is 3. The second-order valence-electron chi connectivity index (χ2n) is 9.04. The molecule has 1 aromatic heterocycles. The third-order valence-corrected chi connectivity index (χ3v) is 6.41. The molecule has 4 rings (SSSR count). The van der Waals surface area contributed by atoms with Crippen LogP contribution in [0.25, 0.3) is 10.9 Å². The van der Waals surface area contributed by atoms with Crippen LogP contribution in [0.1, 0.15) is 31.0 Å². The molecule has 0 aliphatic heterocycles. The Bertz CT molecular complexity index is 1330. The molecule has 0 unspecified atom stereocenters. The fourth-order valence-corrected chi connectivity index (χ4v) is 4.54. The predicted molar refractivity (Wildman–Crippen MR) is 143 cm³/mol. The average Bonchev–Trinajstić information content (AvgIpc) is 3.22. The van der Waals surface area contributed by atoms with E-state index in [0.717, 1.165) is 22.0 Å². The summed E-state index contributed by atoms with van der Waals surface area (Å²) in [6.45, 7) is 4.24. The largest absolute Gasteiger partial charge is 0.345 e. The number of halogens is 1. The Kier molecular flexibility index (Phi) is 7.57. The summed E-state index contributed by atoms with van der Waals surface area (Å²) in [5.74, 6) is -0.389. The lowest BCUT2D eigenvalue weighted by Crippen LogP contribution is -2.49. The Morgan fingerprint density at radius 2 is 1.69 bits per heavy atom. The number of rotatable bonds is 8. The van der Waals surface area contributed by atoms with Gasteiger partial charge in [0.25, 0.3) is 0 Å². The van der Waals surface area contributed by atoms with Crippen molar-refractivity contribution >= 4 is 40.0 Å². The van der Waals surface area contributed by atoms with E-state index in [-0.39, 0.29) is 24.3 Å². The summed E-state index contributed by atoms with van der Waals surface area (Å²) in [5.41, 5.74) is 3.70. The van der Waals surface area contributed by atoms with Gasteiger partial charge in [-0.2, -0.15) is 0 Å². The topological polar surface area (TPSA) is 54.3 Å². The maximum Gasteiger partial charge on any atom is 0.249 e. The molecule has 0 bridgehead atoms. The number of anilines is 1. The van der Waals surface area contributed by atoms with Crippen LogP contribution in [0.5, 0.6) is 0 Å². The maximum absolute atomic E-state index is 13.5. The number of carbonyl (C=O) groups excluding carboxylic acids is 2. The van der Waals surface area contributed by atoms with E-state index in [0.29, 0.717) is 17.1 Å². The third kappa shape index (κ3) is 5.75. The fourth-order valence-electron chi connectivity index (χ4n) is 4.36. The third-order valence-electron chi connectivity index (χ3n) is 6.17. The molecule has 3 aromatic carbocycles. The Hall–Kier alpha value is -3.57. The van der Waals surface area contributed by atoms with Crippen molar-refractivity contribution in [3.05, 3.63) is 101 Å². The predicted octanol–water partition coefficient (Wildman–Crippen LogP) is 5.81. The zero-order valence-corrected chi connectivity index (χ0v) is 21.0. The second kappa shape index (κ2) is 10.8. The van der Waals surface area contributed by atoms with E-state index in [2.05, 4.69) is 29.8 Å². The van der Waals surface area contributed by atoms with Crippen molar-refractivity contribution in [3.63, 3.8) is 0 Å². The van der Waals surface area contributed by atoms with E-state index >= 15 is 0 Å². The van der Waals surface area contributed by atoms with Crippen LogP contribution in [0.3, 0.4) is 0 Å². The molecule has 0 fully saturated rings. The smallest absolute Gasteiger partial charge is 0.249 e. The highest BCUT2D eigenvalue weighted by Crippen LogP contribution is 2.25. The van der Waals surface area contributed by atoms with Crippen molar-refractivity contribution in [2.75, 3.05) is 11.9 Å². The quantitative estimate of drug-likeness (QED) is 0.341. The van der Waals surface area contributed by atoms with E-state index in [9.17, 15) is 9.59 Å². The molecule has 4 aromatic rings. The summed E-state index contributed by atoms with van der Waals surface area (Å²) in [4.78, 5) is 28.3. The molecular formula is C29H30ClN3O2. The van der Waals surface area contributed by atoms with Gasteiger partial charge < -0.3 is 14.8 Å². The summed E-state index contributed by atoms with van der Waals surface area (Å²) in [6, 6.07) is 24.5. The van der Waals surface area contributed by atoms with Gasteiger partial charge >= 0.3 is 0 Å². The summed E-state index contributed by atoms with van der Waals surface area (Å²) >= 11 is 6.14. The van der Waals surface area contributed by atoms with E-state index < -0.39 is 6.04 Å². The zero-order chi connectivity index (χ0) is 24.9. The molecule has 0 aliphatic carbocycles. The van der Waals surface area contributed by atoms with Gasteiger partial charge in [-0.15, -0.1) is 0 Å². The van der Waals surface area contributed by atoms with Gasteiger partial charge in [-0.05, 0) is 49.2 Å². The molecule has 6 heteroatoms. The number of hydrogen-bond acceptors (Lipinski definition) is 2. The van der Waals surface area contributed by atoms with Crippen molar-refractivity contribution in [1.82, 2.24) is 9.88 Å². The molecule has 0 radical (unpaired) electrons. The first-order valence-electron chi connectivity index (χ1n) is 11.8. The van der Waals surface area contributed by atoms with Gasteiger partial charge in [-0.25, -0.2) is 0 Å². The molecule has 1 atom stereocenters. The van der Waals surface area contributed by atoms with Crippen molar-refractivity contribution in [2.24, 2.45) is 0 Å². The number of nitrogens with zero attached hydrogens (tertiary/aromatic N) is 2. The van der Waals surface area contributed by atoms with Gasteiger partial charge in [-0.3, -0.25) is 9.59 Å². The normalized spacial score (nSPS) is 12.0. The van der Waals surface area contributed by atoms with Crippen LogP contribution < -0.4 is 10.2 Å². The lowest BCUT2D eigenvalue weighted by Gasteiger charge is -2.25. The van der Waals surface area contributed by atoms with Crippen LogP contribution in [0.4, 0.5) is 5.69 Å². The van der Waals surface area contributed by atoms with Crippen LogP contribution in [0.2, 0.25) is 5.02 Å². The summed E-state index contributed by atoms with van der Waals surface area (Å²) in [6.07, 6.45) is 2.63. The minimum atomic E-state index is -0.715. The first kappa shape index (κ1) is 24.6. The lowest BCUT2D eigenvalue weighted by atomic mass is 10.0. The van der Waals surface area contributed by atoms with Crippen LogP contribution in [-0.4, -0.2) is 29.5 Å². The van der Waals surface area contributed by atoms with Crippen molar-refractivity contribution < 1.29 is 9.59 Å². The number of fused-ring (bicyclic) bond motifs is 1. The lowest BCUT2D eigenvalue weighted by molar-refractivity contribution is -0.127. The molecular weight excluding hydrogens is 458 g/mol. The number of nitrogens with one attached hydrogen (secondary N) is 1. The van der Waals surface area contributed by atoms with E-state index in [1.54, 1.807) is 30.1 Å². The molecule has 0 saturated carbocycles. The standard InChI is InChI=1S/C29H30ClN3O2/c1-20(2)33-19-22(25-14-7-8-15-27(25)33)17-28(34)31-26(16-21-10-5-4-6-11-21)29(35)32(3)24-13-9-12-23(30)18-24/h4-15,18-20,26H,16-17H2,1-3H3,(H,31,34)/t26-/m0/s1. The Labute approximate surface area is 211 Å². The summed E-state index contributed by atoms with van der Waals surface area (Å²) in [5, 5.41) is 4.61. The second-order valence-corrected chi connectivity index (χ2v) is 9.47. The number of amides is 2. The first-order chi connectivity index (χ1) is 16.8. The number of aromatic nitrogens is 1. The molecule has 1 N–H and O–H groups in total. The molecule has 180 valence electrons. The molecule has 35 heavy (non-hydrogen) atoms. The van der Waals surface area contributed by atoms with Crippen molar-refractivity contribution in [2.45, 2.75) is 38.8 Å². The molecule has 0 saturated heterocycles. The maximum atomic E-state index is 13.5. The number of para-hydroxylation sites is 1. The minimum absolute atomic E-state index is 0.189. The van der Waals surface area contributed by atoms with Crippen molar-refractivity contribution in [1.29, 1.82) is 0 Å². The molecule has 2 amide bonds. The van der Waals surface area contributed by atoms with Crippen LogP contribution >= 0.6 is 11.6 Å². The van der Waals surface area contributed by atoms with Gasteiger partial charge in [0.05, 0.1) is 6.42 Å². The highest BCUT2D eigenvalue weighted by Gasteiger charge is 2.26. The highest BCUT2D eigenvalue weighted by molar-refractivity contribution is 6.30. The van der Waals surface area contributed by atoms with Gasteiger partial charge in [0, 0.05) is 47.3 Å². The Morgan fingerprint density at radius 3 is 2.40 bits per heavy atom. The number of carbonyl (C=O) groups is 2. The SMILES string of the molecule is CC(C)n1cc(CC(=O)N[C@@H](Cc2ccccc2)C(=O)N(C)c2cccc(Cl)c2)c2ccccc21. The molecule has 1 heterocycles. The van der Waals surface area contributed by atoms with Crippen LogP contribution in [-0.2, 0) is 22.4 Å². The van der Waals surface area contributed by atoms with Crippen LogP contribution in [0, 0.1) is 0 Å². The van der Waals surface area contributed by atoms with Gasteiger partial charge in [0.2, 0.25) is 11.8 Å². The Balaban J connectivity index is 1.58. The van der Waals surface area contributed by atoms with E-state index in [4.69, 9.17) is 11.6 Å². The molecule has 5 nitrogen and oxygen atoms in total. The van der Waals surface area contributed by atoms with E-state index in [1.165, 1.54) is 0 Å². The van der Waals surface area contributed by atoms with Crippen LogP contribution in [0.15, 0.2) is 85.1 Å². The van der Waals surface area contributed by atoms with E-state index in [1.807, 2.05) is 60.8 Å². The monoisotopic (exact) mass is 487 g/mol. The molecule has 0 spiro atoms. The minimum Gasteiger partial charge on any atom is -0.345 e. The zero-order valence-electron chi connectivity index (χ0n) is 20.2. The number of hydrogen-bond donors (Lipinski definition) is 1. The summed E-state index contributed by atoms with van der Waals surface area (Å²) < 4.78 is 2.18. The van der Waals surface area contributed by atoms with Gasteiger partial charge in [0.15, 0.2) is 0 Å². The fraction of sp³-hybridized carbons (Fsp3) is 0.241. The van der Waals surface area contributed by atoms with Gasteiger partial charge in [0.1, 0.15) is 6.04 Å². The average molecular weight is 488 g/mol. The van der Waals surface area contributed by atoms with Crippen molar-refractivity contribution in [3.8, 4) is 0 Å². The molecule has 0 aliphatic rings. The Morgan fingerprint density at radius 1 is 0.971 bits per heavy atom.